The zero-order valence-electron chi connectivity index (χ0n) is 10.1. The fraction of sp³-hybridized carbons (Fsp3) is 0.833. The van der Waals surface area contributed by atoms with E-state index < -0.39 is 0 Å². The van der Waals surface area contributed by atoms with Crippen molar-refractivity contribution in [2.45, 2.75) is 31.7 Å². The predicted molar refractivity (Wildman–Crippen MR) is 71.3 cm³/mol. The molecule has 2 fully saturated rings. The molecule has 1 aliphatic carbocycles. The SMILES string of the molecule is N#CC1CCC(N2CCN(C(N)=S)CC2)CC1. The number of rotatable bonds is 1. The van der Waals surface area contributed by atoms with Crippen molar-refractivity contribution >= 4 is 17.3 Å². The summed E-state index contributed by atoms with van der Waals surface area (Å²) in [5.41, 5.74) is 5.63. The van der Waals surface area contributed by atoms with Crippen LogP contribution in [0.4, 0.5) is 0 Å². The van der Waals surface area contributed by atoms with Gasteiger partial charge in [0.25, 0.3) is 0 Å². The van der Waals surface area contributed by atoms with Gasteiger partial charge in [-0.1, -0.05) is 0 Å². The third-order valence-electron chi connectivity index (χ3n) is 4.02. The van der Waals surface area contributed by atoms with E-state index in [4.69, 9.17) is 23.2 Å². The van der Waals surface area contributed by atoms with Crippen LogP contribution in [-0.2, 0) is 0 Å². The second-order valence-corrected chi connectivity index (χ2v) is 5.41. The maximum Gasteiger partial charge on any atom is 0.166 e. The third kappa shape index (κ3) is 3.08. The molecule has 2 N–H and O–H groups in total. The van der Waals surface area contributed by atoms with Crippen molar-refractivity contribution in [2.24, 2.45) is 11.7 Å². The van der Waals surface area contributed by atoms with Gasteiger partial charge in [0.05, 0.1) is 6.07 Å². The number of hydrogen-bond donors (Lipinski definition) is 1. The van der Waals surface area contributed by atoms with Crippen LogP contribution in [0, 0.1) is 17.2 Å². The fourth-order valence-electron chi connectivity index (χ4n) is 2.88. The Morgan fingerprint density at radius 2 is 1.71 bits per heavy atom. The lowest BCUT2D eigenvalue weighted by Gasteiger charge is -2.41. The van der Waals surface area contributed by atoms with E-state index in [9.17, 15) is 0 Å². The summed E-state index contributed by atoms with van der Waals surface area (Å²) in [4.78, 5) is 4.62. The Hall–Kier alpha value is -0.860. The molecule has 1 aliphatic heterocycles. The van der Waals surface area contributed by atoms with Crippen molar-refractivity contribution in [3.63, 3.8) is 0 Å². The second kappa shape index (κ2) is 5.65. The van der Waals surface area contributed by atoms with Crippen LogP contribution in [0.25, 0.3) is 0 Å². The van der Waals surface area contributed by atoms with Crippen molar-refractivity contribution in [1.29, 1.82) is 5.26 Å². The molecule has 0 amide bonds. The monoisotopic (exact) mass is 252 g/mol. The molecule has 4 nitrogen and oxygen atoms in total. The van der Waals surface area contributed by atoms with Crippen molar-refractivity contribution in [2.75, 3.05) is 26.2 Å². The molecule has 0 unspecified atom stereocenters. The highest BCUT2D eigenvalue weighted by Gasteiger charge is 2.28. The standard InChI is InChI=1S/C12H20N4S/c13-9-10-1-3-11(4-2-10)15-5-7-16(8-6-15)12(14)17/h10-11H,1-8H2,(H2,14,17). The highest BCUT2D eigenvalue weighted by molar-refractivity contribution is 7.80. The Kier molecular flexibility index (Phi) is 4.19. The first-order chi connectivity index (χ1) is 8.20. The highest BCUT2D eigenvalue weighted by atomic mass is 32.1. The van der Waals surface area contributed by atoms with Gasteiger partial charge in [0.15, 0.2) is 5.11 Å². The van der Waals surface area contributed by atoms with Gasteiger partial charge in [-0.3, -0.25) is 4.90 Å². The minimum atomic E-state index is 0.296. The van der Waals surface area contributed by atoms with E-state index in [0.717, 1.165) is 39.0 Å². The van der Waals surface area contributed by atoms with E-state index in [1.54, 1.807) is 0 Å². The summed E-state index contributed by atoms with van der Waals surface area (Å²) >= 11 is 4.99. The molecule has 0 aromatic rings. The molecular formula is C12H20N4S. The number of nitriles is 1. The number of hydrogen-bond acceptors (Lipinski definition) is 3. The number of nitrogens with two attached hydrogens (primary N) is 1. The minimum Gasteiger partial charge on any atom is -0.376 e. The van der Waals surface area contributed by atoms with Gasteiger partial charge < -0.3 is 10.6 Å². The minimum absolute atomic E-state index is 0.296. The summed E-state index contributed by atoms with van der Waals surface area (Å²) in [6, 6.07) is 3.06. The van der Waals surface area contributed by atoms with Crippen LogP contribution in [0.3, 0.4) is 0 Å². The normalized spacial score (nSPS) is 30.9. The number of nitrogens with zero attached hydrogens (tertiary/aromatic N) is 3. The molecule has 1 saturated carbocycles. The van der Waals surface area contributed by atoms with Crippen LogP contribution in [0.15, 0.2) is 0 Å². The summed E-state index contributed by atoms with van der Waals surface area (Å²) in [5, 5.41) is 9.41. The molecular weight excluding hydrogens is 232 g/mol. The number of thiocarbonyl (C=S) groups is 1. The first-order valence-electron chi connectivity index (χ1n) is 6.38. The van der Waals surface area contributed by atoms with Crippen LogP contribution in [-0.4, -0.2) is 47.1 Å². The molecule has 0 aromatic carbocycles. The van der Waals surface area contributed by atoms with E-state index in [1.165, 1.54) is 12.8 Å². The first-order valence-corrected chi connectivity index (χ1v) is 6.79. The van der Waals surface area contributed by atoms with Gasteiger partial charge in [0.2, 0.25) is 0 Å². The highest BCUT2D eigenvalue weighted by Crippen LogP contribution is 2.27. The molecule has 5 heteroatoms. The zero-order valence-corrected chi connectivity index (χ0v) is 11.0. The van der Waals surface area contributed by atoms with Gasteiger partial charge in [-0.2, -0.15) is 5.26 Å². The lowest BCUT2D eigenvalue weighted by molar-refractivity contribution is 0.101. The molecule has 0 radical (unpaired) electrons. The van der Waals surface area contributed by atoms with Crippen LogP contribution in [0.1, 0.15) is 25.7 Å². The topological polar surface area (TPSA) is 56.3 Å². The molecule has 0 aromatic heterocycles. The predicted octanol–water partition coefficient (Wildman–Crippen LogP) is 0.930. The van der Waals surface area contributed by atoms with Crippen molar-refractivity contribution in [1.82, 2.24) is 9.80 Å². The van der Waals surface area contributed by atoms with Gasteiger partial charge >= 0.3 is 0 Å². The molecule has 1 heterocycles. The third-order valence-corrected chi connectivity index (χ3v) is 4.28. The molecule has 94 valence electrons. The summed E-state index contributed by atoms with van der Waals surface area (Å²) in [5.74, 6) is 0.296. The fourth-order valence-corrected chi connectivity index (χ4v) is 3.06. The Morgan fingerprint density at radius 3 is 2.18 bits per heavy atom. The summed E-state index contributed by atoms with van der Waals surface area (Å²) in [6.07, 6.45) is 4.48. The van der Waals surface area contributed by atoms with E-state index in [0.29, 0.717) is 17.1 Å². The van der Waals surface area contributed by atoms with Gasteiger partial charge in [0.1, 0.15) is 0 Å². The van der Waals surface area contributed by atoms with Gasteiger partial charge in [0, 0.05) is 38.1 Å². The largest absolute Gasteiger partial charge is 0.376 e. The smallest absolute Gasteiger partial charge is 0.166 e. The number of piperazine rings is 1. The first kappa shape index (κ1) is 12.6. The Balaban J connectivity index is 1.78. The van der Waals surface area contributed by atoms with Gasteiger partial charge in [-0.15, -0.1) is 0 Å². The maximum absolute atomic E-state index is 8.88. The maximum atomic E-state index is 8.88. The van der Waals surface area contributed by atoms with E-state index in [2.05, 4.69) is 15.9 Å². The van der Waals surface area contributed by atoms with E-state index in [1.807, 2.05) is 0 Å². The van der Waals surface area contributed by atoms with E-state index in [-0.39, 0.29) is 0 Å². The average molecular weight is 252 g/mol. The lowest BCUT2D eigenvalue weighted by atomic mass is 9.86. The molecule has 0 bridgehead atoms. The Morgan fingerprint density at radius 1 is 1.12 bits per heavy atom. The average Bonchev–Trinajstić information content (AvgIpc) is 2.39. The summed E-state index contributed by atoms with van der Waals surface area (Å²) in [6.45, 7) is 4.01. The Bertz CT molecular complexity index is 309. The zero-order chi connectivity index (χ0) is 12.3. The summed E-state index contributed by atoms with van der Waals surface area (Å²) in [7, 11) is 0. The summed E-state index contributed by atoms with van der Waals surface area (Å²) < 4.78 is 0. The molecule has 0 atom stereocenters. The van der Waals surface area contributed by atoms with Gasteiger partial charge in [-0.25, -0.2) is 0 Å². The quantitative estimate of drug-likeness (QED) is 0.704. The van der Waals surface area contributed by atoms with Crippen LogP contribution < -0.4 is 5.73 Å². The lowest BCUT2D eigenvalue weighted by Crippen LogP contribution is -2.53. The van der Waals surface area contributed by atoms with Crippen LogP contribution in [0.2, 0.25) is 0 Å². The second-order valence-electron chi connectivity index (χ2n) is 5.00. The van der Waals surface area contributed by atoms with Crippen LogP contribution >= 0.6 is 12.2 Å². The molecule has 2 aliphatic rings. The molecule has 2 rings (SSSR count). The van der Waals surface area contributed by atoms with Crippen molar-refractivity contribution < 1.29 is 0 Å². The molecule has 0 spiro atoms. The van der Waals surface area contributed by atoms with Crippen molar-refractivity contribution in [3.05, 3.63) is 0 Å². The molecule has 17 heavy (non-hydrogen) atoms. The van der Waals surface area contributed by atoms with Crippen LogP contribution in [0.5, 0.6) is 0 Å². The van der Waals surface area contributed by atoms with Gasteiger partial charge in [-0.05, 0) is 37.9 Å². The van der Waals surface area contributed by atoms with Crippen molar-refractivity contribution in [3.8, 4) is 6.07 Å². The molecule has 1 saturated heterocycles. The van der Waals surface area contributed by atoms with E-state index >= 15 is 0 Å². The Labute approximate surface area is 108 Å².